The van der Waals surface area contributed by atoms with E-state index in [0.717, 1.165) is 37.3 Å². The molecule has 2 atom stereocenters. The molecule has 8 heteroatoms. The molecule has 1 aliphatic carbocycles. The summed E-state index contributed by atoms with van der Waals surface area (Å²) in [5, 5.41) is 14.3. The number of nitro benzene ring substituents is 1. The number of ether oxygens (including phenoxy) is 1. The first-order valence-corrected chi connectivity index (χ1v) is 11.1. The van der Waals surface area contributed by atoms with E-state index in [1.165, 1.54) is 25.7 Å². The van der Waals surface area contributed by atoms with Crippen LogP contribution < -0.4 is 10.2 Å². The number of carbonyl (C=O) groups is 1. The summed E-state index contributed by atoms with van der Waals surface area (Å²) in [6, 6.07) is 5.86. The smallest absolute Gasteiger partial charge is 0.269 e. The summed E-state index contributed by atoms with van der Waals surface area (Å²) in [6.45, 7) is 3.94. The van der Waals surface area contributed by atoms with E-state index in [1.807, 2.05) is 6.07 Å². The second-order valence-electron chi connectivity index (χ2n) is 8.71. The fourth-order valence-electron chi connectivity index (χ4n) is 5.41. The highest BCUT2D eigenvalue weighted by atomic mass is 16.6. The van der Waals surface area contributed by atoms with Gasteiger partial charge in [-0.1, -0.05) is 12.8 Å². The molecule has 164 valence electrons. The van der Waals surface area contributed by atoms with Gasteiger partial charge >= 0.3 is 0 Å². The third-order valence-corrected chi connectivity index (χ3v) is 6.94. The van der Waals surface area contributed by atoms with Crippen molar-refractivity contribution in [3.63, 3.8) is 0 Å². The summed E-state index contributed by atoms with van der Waals surface area (Å²) < 4.78 is 5.08. The van der Waals surface area contributed by atoms with Crippen molar-refractivity contribution in [2.75, 3.05) is 44.8 Å². The molecule has 1 aromatic rings. The zero-order valence-corrected chi connectivity index (χ0v) is 17.7. The maximum absolute atomic E-state index is 13.1. The largest absolute Gasteiger partial charge is 0.385 e. The molecule has 0 bridgehead atoms. The molecule has 4 rings (SSSR count). The van der Waals surface area contributed by atoms with E-state index in [0.29, 0.717) is 25.6 Å². The monoisotopic (exact) mass is 416 g/mol. The second-order valence-corrected chi connectivity index (χ2v) is 8.71. The molecule has 0 radical (unpaired) electrons. The van der Waals surface area contributed by atoms with Crippen LogP contribution in [0.1, 0.15) is 37.7 Å². The third-order valence-electron chi connectivity index (χ3n) is 6.94. The van der Waals surface area contributed by atoms with E-state index in [9.17, 15) is 14.9 Å². The summed E-state index contributed by atoms with van der Waals surface area (Å²) in [6.07, 6.45) is 6.43. The van der Waals surface area contributed by atoms with E-state index >= 15 is 0 Å². The Hall–Kier alpha value is -2.19. The zero-order chi connectivity index (χ0) is 21.1. The molecule has 0 aromatic heterocycles. The number of hydrogen-bond acceptors (Lipinski definition) is 6. The topological polar surface area (TPSA) is 87.9 Å². The van der Waals surface area contributed by atoms with E-state index in [-0.39, 0.29) is 28.5 Å². The predicted molar refractivity (Wildman–Crippen MR) is 115 cm³/mol. The Morgan fingerprint density at radius 2 is 2.10 bits per heavy atom. The lowest BCUT2D eigenvalue weighted by atomic mass is 9.82. The number of carbonyl (C=O) groups excluding carboxylic acids is 1. The number of anilines is 1. The first-order valence-electron chi connectivity index (χ1n) is 11.1. The standard InChI is InChI=1S/C22H32N4O4/c1-30-12-4-9-23-22(27)19-14-16-13-18(26(28)29)7-8-20(16)25-11-10-24(15-21(19)25)17-5-2-3-6-17/h7-8,13,17,19,21H,2-6,9-12,14-15H2,1H3,(H,23,27)/t19-,21-/m0/s1. The lowest BCUT2D eigenvalue weighted by Gasteiger charge is -2.50. The number of methoxy groups -OCH3 is 1. The number of fused-ring (bicyclic) bond motifs is 3. The quantitative estimate of drug-likeness (QED) is 0.417. The van der Waals surface area contributed by atoms with Crippen LogP contribution in [0.15, 0.2) is 18.2 Å². The number of benzene rings is 1. The van der Waals surface area contributed by atoms with Crippen LogP contribution in [0, 0.1) is 16.0 Å². The van der Waals surface area contributed by atoms with Crippen LogP contribution in [0.3, 0.4) is 0 Å². The van der Waals surface area contributed by atoms with Gasteiger partial charge in [-0.2, -0.15) is 0 Å². The van der Waals surface area contributed by atoms with E-state index in [4.69, 9.17) is 4.74 Å². The molecular formula is C22H32N4O4. The predicted octanol–water partition coefficient (Wildman–Crippen LogP) is 2.35. The maximum atomic E-state index is 13.1. The highest BCUT2D eigenvalue weighted by molar-refractivity contribution is 5.82. The van der Waals surface area contributed by atoms with Gasteiger partial charge in [0.25, 0.3) is 5.69 Å². The summed E-state index contributed by atoms with van der Waals surface area (Å²) in [5.74, 6) is -0.155. The number of nitro groups is 1. The Balaban J connectivity index is 1.57. The molecule has 1 amide bonds. The minimum absolute atomic E-state index is 0.0477. The van der Waals surface area contributed by atoms with Crippen molar-refractivity contribution in [1.29, 1.82) is 0 Å². The minimum atomic E-state index is -0.357. The number of nitrogens with zero attached hydrogens (tertiary/aromatic N) is 3. The fourth-order valence-corrected chi connectivity index (χ4v) is 5.41. The highest BCUT2D eigenvalue weighted by Gasteiger charge is 2.43. The van der Waals surface area contributed by atoms with Gasteiger partial charge in [0.15, 0.2) is 0 Å². The second kappa shape index (κ2) is 9.31. The normalized spacial score (nSPS) is 24.4. The maximum Gasteiger partial charge on any atom is 0.269 e. The van der Waals surface area contributed by atoms with Gasteiger partial charge in [-0.25, -0.2) is 0 Å². The number of rotatable bonds is 7. The van der Waals surface area contributed by atoms with Gasteiger partial charge in [-0.05, 0) is 37.3 Å². The van der Waals surface area contributed by atoms with Gasteiger partial charge in [0, 0.05) is 63.8 Å². The van der Waals surface area contributed by atoms with Crippen molar-refractivity contribution in [2.24, 2.45) is 5.92 Å². The van der Waals surface area contributed by atoms with Gasteiger partial charge in [-0.15, -0.1) is 0 Å². The fraction of sp³-hybridized carbons (Fsp3) is 0.682. The Morgan fingerprint density at radius 1 is 1.30 bits per heavy atom. The van der Waals surface area contributed by atoms with Gasteiger partial charge in [-0.3, -0.25) is 19.8 Å². The van der Waals surface area contributed by atoms with Crippen LogP contribution in [-0.4, -0.2) is 67.7 Å². The third kappa shape index (κ3) is 4.30. The average molecular weight is 417 g/mol. The average Bonchev–Trinajstić information content (AvgIpc) is 3.30. The molecule has 2 fully saturated rings. The molecule has 0 unspecified atom stereocenters. The van der Waals surface area contributed by atoms with Crippen LogP contribution in [0.2, 0.25) is 0 Å². The molecule has 30 heavy (non-hydrogen) atoms. The van der Waals surface area contributed by atoms with E-state index < -0.39 is 0 Å². The molecule has 1 saturated heterocycles. The summed E-state index contributed by atoms with van der Waals surface area (Å²) in [7, 11) is 1.66. The molecular weight excluding hydrogens is 384 g/mol. The Morgan fingerprint density at radius 3 is 2.83 bits per heavy atom. The molecule has 2 heterocycles. The Kier molecular flexibility index (Phi) is 6.53. The molecule has 1 aromatic carbocycles. The van der Waals surface area contributed by atoms with Crippen LogP contribution in [0.25, 0.3) is 0 Å². The Labute approximate surface area is 177 Å². The van der Waals surface area contributed by atoms with Crippen molar-refractivity contribution < 1.29 is 14.5 Å². The zero-order valence-electron chi connectivity index (χ0n) is 17.7. The highest BCUT2D eigenvalue weighted by Crippen LogP contribution is 2.39. The SMILES string of the molecule is COCCCNC(=O)[C@H]1Cc2cc([N+](=O)[O-])ccc2N2CCN(C3CCCC3)C[C@@H]12. The Bertz CT molecular complexity index is 780. The van der Waals surface area contributed by atoms with Gasteiger partial charge in [0.1, 0.15) is 0 Å². The summed E-state index contributed by atoms with van der Waals surface area (Å²) >= 11 is 0. The van der Waals surface area contributed by atoms with Crippen LogP contribution in [-0.2, 0) is 16.0 Å². The van der Waals surface area contributed by atoms with E-state index in [2.05, 4.69) is 15.1 Å². The van der Waals surface area contributed by atoms with Crippen molar-refractivity contribution in [3.8, 4) is 0 Å². The first kappa shape index (κ1) is 21.1. The number of nitrogens with one attached hydrogen (secondary N) is 1. The first-order chi connectivity index (χ1) is 14.6. The molecule has 0 spiro atoms. The number of amides is 1. The molecule has 8 nitrogen and oxygen atoms in total. The van der Waals surface area contributed by atoms with Gasteiger partial charge < -0.3 is 15.0 Å². The van der Waals surface area contributed by atoms with Crippen molar-refractivity contribution in [1.82, 2.24) is 10.2 Å². The molecule has 3 aliphatic rings. The summed E-state index contributed by atoms with van der Waals surface area (Å²) in [5.41, 5.74) is 2.06. The van der Waals surface area contributed by atoms with Crippen LogP contribution in [0.4, 0.5) is 11.4 Å². The number of hydrogen-bond donors (Lipinski definition) is 1. The lowest BCUT2D eigenvalue weighted by molar-refractivity contribution is -0.384. The number of non-ortho nitro benzene ring substituents is 1. The molecule has 1 N–H and O–H groups in total. The van der Waals surface area contributed by atoms with Crippen LogP contribution in [0.5, 0.6) is 0 Å². The molecule has 1 saturated carbocycles. The molecule has 2 aliphatic heterocycles. The van der Waals surface area contributed by atoms with Crippen LogP contribution >= 0.6 is 0 Å². The van der Waals surface area contributed by atoms with E-state index in [1.54, 1.807) is 19.2 Å². The van der Waals surface area contributed by atoms with Crippen molar-refractivity contribution >= 4 is 17.3 Å². The van der Waals surface area contributed by atoms with Crippen molar-refractivity contribution in [3.05, 3.63) is 33.9 Å². The van der Waals surface area contributed by atoms with Crippen molar-refractivity contribution in [2.45, 2.75) is 50.6 Å². The van der Waals surface area contributed by atoms with Gasteiger partial charge in [0.05, 0.1) is 16.9 Å². The summed E-state index contributed by atoms with van der Waals surface area (Å²) in [4.78, 5) is 29.0. The van der Waals surface area contributed by atoms with Gasteiger partial charge in [0.2, 0.25) is 5.91 Å². The number of piperazine rings is 1. The lowest BCUT2D eigenvalue weighted by Crippen LogP contribution is -2.62. The minimum Gasteiger partial charge on any atom is -0.385 e.